The van der Waals surface area contributed by atoms with Crippen molar-refractivity contribution < 1.29 is 34.3 Å². The lowest BCUT2D eigenvalue weighted by Crippen LogP contribution is -2.07. The molecule has 2 aromatic rings. The van der Waals surface area contributed by atoms with Gasteiger partial charge < -0.3 is 19.8 Å². The van der Waals surface area contributed by atoms with Gasteiger partial charge in [0.15, 0.2) is 5.75 Å². The first-order chi connectivity index (χ1) is 12.6. The number of halogens is 4. The number of hydrogen-bond acceptors (Lipinski definition) is 8. The summed E-state index contributed by atoms with van der Waals surface area (Å²) < 4.78 is 67.5. The van der Waals surface area contributed by atoms with Crippen molar-refractivity contribution in [1.29, 1.82) is 0 Å². The van der Waals surface area contributed by atoms with E-state index in [1.807, 2.05) is 0 Å². The third-order valence-electron chi connectivity index (χ3n) is 2.50. The summed E-state index contributed by atoms with van der Waals surface area (Å²) in [6, 6.07) is 4.96. The van der Waals surface area contributed by atoms with Crippen LogP contribution in [0.15, 0.2) is 33.2 Å². The molecule has 2 rings (SSSR count). The van der Waals surface area contributed by atoms with Crippen LogP contribution in [-0.4, -0.2) is 25.9 Å². The van der Waals surface area contributed by atoms with Crippen LogP contribution in [0, 0.1) is 0 Å². The second kappa shape index (κ2) is 9.67. The van der Waals surface area contributed by atoms with Gasteiger partial charge in [-0.05, 0) is 50.1 Å². The van der Waals surface area contributed by atoms with Crippen molar-refractivity contribution >= 4 is 87.2 Å². The van der Waals surface area contributed by atoms with E-state index in [9.17, 15) is 16.8 Å². The highest BCUT2D eigenvalue weighted by Gasteiger charge is 2.13. The van der Waals surface area contributed by atoms with Crippen LogP contribution in [0.3, 0.4) is 0 Å². The SMILES string of the molecule is Nc1c(Br)cc(OS(=O)(=O)O)cc1Br.Nc1cc(Cl)c(OS(=O)(=O)O)cc1Cl. The number of benzene rings is 2. The fourth-order valence-electron chi connectivity index (χ4n) is 1.45. The molecule has 6 N–H and O–H groups in total. The van der Waals surface area contributed by atoms with Gasteiger partial charge in [-0.15, -0.1) is 0 Å². The Morgan fingerprint density at radius 2 is 1.29 bits per heavy atom. The van der Waals surface area contributed by atoms with Crippen LogP contribution in [0.5, 0.6) is 11.5 Å². The van der Waals surface area contributed by atoms with Gasteiger partial charge in [0.05, 0.1) is 21.4 Å². The van der Waals surface area contributed by atoms with E-state index in [0.717, 1.165) is 6.07 Å². The van der Waals surface area contributed by atoms with Crippen molar-refractivity contribution in [3.8, 4) is 11.5 Å². The van der Waals surface area contributed by atoms with Crippen LogP contribution in [0.2, 0.25) is 10.0 Å². The molecule has 0 saturated carbocycles. The van der Waals surface area contributed by atoms with Crippen molar-refractivity contribution in [3.05, 3.63) is 43.3 Å². The van der Waals surface area contributed by atoms with Gasteiger partial charge in [-0.2, -0.15) is 16.8 Å². The van der Waals surface area contributed by atoms with Crippen LogP contribution in [-0.2, 0) is 20.8 Å². The molecule has 0 heterocycles. The van der Waals surface area contributed by atoms with Gasteiger partial charge in [0, 0.05) is 15.0 Å². The zero-order valence-electron chi connectivity index (χ0n) is 13.1. The smallest absolute Gasteiger partial charge is 0.397 e. The number of rotatable bonds is 4. The Labute approximate surface area is 186 Å². The van der Waals surface area contributed by atoms with Crippen LogP contribution in [0.25, 0.3) is 0 Å². The van der Waals surface area contributed by atoms with Crippen LogP contribution in [0.1, 0.15) is 0 Å². The minimum Gasteiger partial charge on any atom is -0.397 e. The van der Waals surface area contributed by atoms with E-state index in [4.69, 9.17) is 43.8 Å². The average Bonchev–Trinajstić information content (AvgIpc) is 2.48. The maximum Gasteiger partial charge on any atom is 0.446 e. The first-order valence-corrected chi connectivity index (χ1v) is 11.5. The zero-order chi connectivity index (χ0) is 21.9. The highest BCUT2D eigenvalue weighted by molar-refractivity contribution is 9.11. The molecule has 0 saturated heterocycles. The van der Waals surface area contributed by atoms with Crippen LogP contribution >= 0.6 is 55.1 Å². The molecule has 0 amide bonds. The maximum absolute atomic E-state index is 10.4. The van der Waals surface area contributed by atoms with Gasteiger partial charge >= 0.3 is 20.8 Å². The predicted molar refractivity (Wildman–Crippen MR) is 111 cm³/mol. The topological polar surface area (TPSA) is 179 Å². The third kappa shape index (κ3) is 8.57. The minimum absolute atomic E-state index is 0.0412. The molecule has 16 heteroatoms. The molecular weight excluding hydrogens is 595 g/mol. The molecule has 0 fully saturated rings. The second-order valence-electron chi connectivity index (χ2n) is 4.63. The van der Waals surface area contributed by atoms with Gasteiger partial charge in [-0.25, -0.2) is 0 Å². The highest BCUT2D eigenvalue weighted by Crippen LogP contribution is 2.34. The lowest BCUT2D eigenvalue weighted by atomic mass is 10.3. The van der Waals surface area contributed by atoms with E-state index in [-0.39, 0.29) is 27.2 Å². The summed E-state index contributed by atoms with van der Waals surface area (Å²) in [6.07, 6.45) is 0. The second-order valence-corrected chi connectivity index (χ2v) is 9.19. The van der Waals surface area contributed by atoms with Crippen molar-refractivity contribution in [3.63, 3.8) is 0 Å². The zero-order valence-corrected chi connectivity index (χ0v) is 19.5. The molecule has 156 valence electrons. The first kappa shape index (κ1) is 25.0. The molecule has 0 spiro atoms. The molecule has 10 nitrogen and oxygen atoms in total. The van der Waals surface area contributed by atoms with Crippen LogP contribution in [0.4, 0.5) is 11.4 Å². The Kier molecular flexibility index (Phi) is 8.64. The van der Waals surface area contributed by atoms with E-state index in [1.165, 1.54) is 18.2 Å². The fraction of sp³-hybridized carbons (Fsp3) is 0. The number of hydrogen-bond donors (Lipinski definition) is 4. The molecular formula is C12H10Br2Cl2N2O8S2. The van der Waals surface area contributed by atoms with E-state index in [1.54, 1.807) is 0 Å². The summed E-state index contributed by atoms with van der Waals surface area (Å²) in [5, 5.41) is 0.0116. The Hall–Kier alpha value is -1.00. The third-order valence-corrected chi connectivity index (χ3v) is 5.23. The monoisotopic (exact) mass is 602 g/mol. The Bertz CT molecular complexity index is 1070. The Morgan fingerprint density at radius 1 is 0.821 bits per heavy atom. The van der Waals surface area contributed by atoms with E-state index in [2.05, 4.69) is 40.2 Å². The molecule has 0 bridgehead atoms. The van der Waals surface area contributed by atoms with E-state index < -0.39 is 20.8 Å². The molecule has 0 aromatic heterocycles. The van der Waals surface area contributed by atoms with E-state index >= 15 is 0 Å². The predicted octanol–water partition coefficient (Wildman–Crippen LogP) is 3.73. The Balaban J connectivity index is 0.000000280. The summed E-state index contributed by atoms with van der Waals surface area (Å²) in [6.45, 7) is 0. The molecule has 2 aromatic carbocycles. The molecule has 0 atom stereocenters. The van der Waals surface area contributed by atoms with Crippen molar-refractivity contribution in [2.24, 2.45) is 0 Å². The lowest BCUT2D eigenvalue weighted by molar-refractivity contribution is 0.384. The van der Waals surface area contributed by atoms with Crippen molar-refractivity contribution in [1.82, 2.24) is 0 Å². The van der Waals surface area contributed by atoms with Gasteiger partial charge in [0.2, 0.25) is 0 Å². The van der Waals surface area contributed by atoms with Crippen molar-refractivity contribution in [2.45, 2.75) is 0 Å². The molecule has 0 aliphatic rings. The number of anilines is 2. The maximum atomic E-state index is 10.4. The van der Waals surface area contributed by atoms with E-state index in [0.29, 0.717) is 14.6 Å². The van der Waals surface area contributed by atoms with Gasteiger partial charge in [0.1, 0.15) is 5.75 Å². The first-order valence-electron chi connectivity index (χ1n) is 6.42. The summed E-state index contributed by atoms with van der Waals surface area (Å²) in [7, 11) is -9.12. The summed E-state index contributed by atoms with van der Waals surface area (Å²) in [4.78, 5) is 0. The normalized spacial score (nSPS) is 11.4. The number of nitrogen functional groups attached to an aromatic ring is 2. The molecule has 0 radical (unpaired) electrons. The summed E-state index contributed by atoms with van der Waals surface area (Å²) >= 11 is 17.3. The highest BCUT2D eigenvalue weighted by atomic mass is 79.9. The van der Waals surface area contributed by atoms with Gasteiger partial charge in [-0.3, -0.25) is 9.11 Å². The lowest BCUT2D eigenvalue weighted by Gasteiger charge is -2.05. The van der Waals surface area contributed by atoms with Crippen LogP contribution < -0.4 is 19.8 Å². The summed E-state index contributed by atoms with van der Waals surface area (Å²) in [5.41, 5.74) is 11.5. The van der Waals surface area contributed by atoms with Gasteiger partial charge in [-0.1, -0.05) is 23.2 Å². The molecule has 0 unspecified atom stereocenters. The van der Waals surface area contributed by atoms with Gasteiger partial charge in [0.25, 0.3) is 0 Å². The molecule has 28 heavy (non-hydrogen) atoms. The fourth-order valence-corrected chi connectivity index (χ4v) is 3.71. The molecule has 0 aliphatic heterocycles. The Morgan fingerprint density at radius 3 is 1.71 bits per heavy atom. The quantitative estimate of drug-likeness (QED) is 0.297. The standard InChI is InChI=1S/C6H5Br2NO4S.C6H5Cl2NO4S/c7-4-1-3(13-14(10,11)12)2-5(8)6(4)9;7-3-2-6(13-14(10,11)12)4(8)1-5(3)9/h2*1-2H,9H2,(H,10,11,12). The number of nitrogens with two attached hydrogens (primary N) is 2. The largest absolute Gasteiger partial charge is 0.446 e. The average molecular weight is 605 g/mol. The molecule has 0 aliphatic carbocycles. The minimum atomic E-state index is -4.61. The summed E-state index contributed by atoms with van der Waals surface area (Å²) in [5.74, 6) is -0.325. The van der Waals surface area contributed by atoms with Crippen molar-refractivity contribution in [2.75, 3.05) is 11.5 Å².